The molecule has 1 rings (SSSR count). The Balaban J connectivity index is 3.26. The maximum Gasteiger partial charge on any atom is 0.138 e. The van der Waals surface area contributed by atoms with Crippen molar-refractivity contribution < 1.29 is 8.60 Å². The fourth-order valence-corrected chi connectivity index (χ4v) is 1.38. The minimum atomic E-state index is -0.385. The largest absolute Gasteiger partial charge is 0.212 e. The van der Waals surface area contributed by atoms with Crippen molar-refractivity contribution in [2.24, 2.45) is 0 Å². The Bertz CT molecular complexity index is 320. The van der Waals surface area contributed by atoms with Crippen molar-refractivity contribution in [1.82, 2.24) is 0 Å². The zero-order valence-corrected chi connectivity index (χ0v) is 7.71. The third-order valence-corrected chi connectivity index (χ3v) is 2.21. The summed E-state index contributed by atoms with van der Waals surface area (Å²) in [4.78, 5) is 0. The highest BCUT2D eigenvalue weighted by molar-refractivity contribution is 9.10. The van der Waals surface area contributed by atoms with Crippen LogP contribution in [-0.2, 0) is 11.3 Å². The first kappa shape index (κ1) is 8.62. The number of halogens is 2. The van der Waals surface area contributed by atoms with E-state index in [1.165, 1.54) is 12.1 Å². The Hall–Kier alpha value is -0.480. The monoisotopic (exact) mass is 233 g/mol. The lowest BCUT2D eigenvalue weighted by Gasteiger charge is -1.95. The van der Waals surface area contributed by atoms with Crippen LogP contribution < -0.4 is 0 Å². The third kappa shape index (κ3) is 1.97. The molecule has 0 amide bonds. The normalized spacial score (nSPS) is 9.27. The fraction of sp³-hybridized carbons (Fsp3) is 0. The topological polar surface area (TPSA) is 17.1 Å². The number of rotatable bonds is 1. The molecule has 0 atom stereocenters. The van der Waals surface area contributed by atoms with Gasteiger partial charge >= 0.3 is 0 Å². The van der Waals surface area contributed by atoms with Crippen molar-refractivity contribution in [3.63, 3.8) is 0 Å². The Morgan fingerprint density at radius 1 is 1.55 bits per heavy atom. The lowest BCUT2D eigenvalue weighted by Crippen LogP contribution is -1.85. The summed E-state index contributed by atoms with van der Waals surface area (Å²) in [7, 11) is 0. The van der Waals surface area contributed by atoms with Crippen LogP contribution in [0.3, 0.4) is 0 Å². The van der Waals surface area contributed by atoms with Gasteiger partial charge in [-0.2, -0.15) is 0 Å². The standard InChI is InChI=1S/C7H3BrFOS/c8-7-5(4-11-10)2-1-3-6(7)9/h1-3H. The highest BCUT2D eigenvalue weighted by Crippen LogP contribution is 2.18. The van der Waals surface area contributed by atoms with E-state index in [0.29, 0.717) is 5.56 Å². The maximum atomic E-state index is 12.7. The van der Waals surface area contributed by atoms with Crippen LogP contribution in [0.4, 0.5) is 4.39 Å². The predicted molar refractivity (Wildman–Crippen MR) is 46.4 cm³/mol. The SMILES string of the molecule is O=S=[C]c1cccc(F)c1Br. The van der Waals surface area contributed by atoms with Crippen molar-refractivity contribution in [3.05, 3.63) is 34.1 Å². The van der Waals surface area contributed by atoms with Gasteiger partial charge in [0.25, 0.3) is 0 Å². The highest BCUT2D eigenvalue weighted by Gasteiger charge is 2.01. The molecule has 1 aromatic rings. The molecule has 1 radical (unpaired) electrons. The van der Waals surface area contributed by atoms with Crippen molar-refractivity contribution in [2.75, 3.05) is 0 Å². The van der Waals surface area contributed by atoms with Crippen molar-refractivity contribution in [2.45, 2.75) is 0 Å². The molecular weight excluding hydrogens is 231 g/mol. The van der Waals surface area contributed by atoms with E-state index < -0.39 is 0 Å². The predicted octanol–water partition coefficient (Wildman–Crippen LogP) is 1.83. The van der Waals surface area contributed by atoms with E-state index in [9.17, 15) is 8.60 Å². The van der Waals surface area contributed by atoms with Gasteiger partial charge in [0.1, 0.15) is 5.82 Å². The van der Waals surface area contributed by atoms with Crippen molar-refractivity contribution >= 4 is 32.6 Å². The summed E-state index contributed by atoms with van der Waals surface area (Å²) < 4.78 is 23.0. The van der Waals surface area contributed by atoms with E-state index in [0.717, 1.165) is 0 Å². The van der Waals surface area contributed by atoms with Gasteiger partial charge in [0.15, 0.2) is 0 Å². The third-order valence-electron chi connectivity index (χ3n) is 1.10. The zero-order chi connectivity index (χ0) is 8.27. The quantitative estimate of drug-likeness (QED) is 0.677. The van der Waals surface area contributed by atoms with Crippen LogP contribution in [-0.4, -0.2) is 9.58 Å². The van der Waals surface area contributed by atoms with E-state index in [1.54, 1.807) is 6.07 Å². The molecule has 0 aliphatic carbocycles. The number of hydrogen-bond acceptors (Lipinski definition) is 1. The van der Waals surface area contributed by atoms with Crippen molar-refractivity contribution in [3.8, 4) is 0 Å². The molecule has 0 aromatic heterocycles. The molecule has 0 unspecified atom stereocenters. The number of hydrogen-bond donors (Lipinski definition) is 0. The van der Waals surface area contributed by atoms with Crippen LogP contribution in [0.2, 0.25) is 0 Å². The van der Waals surface area contributed by atoms with Gasteiger partial charge in [-0.1, -0.05) is 12.1 Å². The second kappa shape index (κ2) is 3.78. The molecule has 0 aliphatic heterocycles. The fourth-order valence-electron chi connectivity index (χ4n) is 0.628. The van der Waals surface area contributed by atoms with Crippen LogP contribution >= 0.6 is 15.9 Å². The van der Waals surface area contributed by atoms with E-state index in [4.69, 9.17) is 0 Å². The smallest absolute Gasteiger partial charge is 0.138 e. The lowest BCUT2D eigenvalue weighted by molar-refractivity contribution is 0.621. The molecule has 1 aromatic carbocycles. The minimum Gasteiger partial charge on any atom is -0.212 e. The van der Waals surface area contributed by atoms with Crippen LogP contribution in [0.25, 0.3) is 0 Å². The maximum absolute atomic E-state index is 12.7. The van der Waals surface area contributed by atoms with Gasteiger partial charge in [0, 0.05) is 5.56 Å². The van der Waals surface area contributed by atoms with E-state index >= 15 is 0 Å². The summed E-state index contributed by atoms with van der Waals surface area (Å²) in [6.07, 6.45) is 0. The molecular formula is C7H3BrFOS. The molecule has 11 heavy (non-hydrogen) atoms. The summed E-state index contributed by atoms with van der Waals surface area (Å²) in [5, 5.41) is 2.39. The first-order valence-corrected chi connectivity index (χ1v) is 4.28. The zero-order valence-electron chi connectivity index (χ0n) is 5.30. The summed E-state index contributed by atoms with van der Waals surface area (Å²) in [5.74, 6) is -0.385. The molecule has 0 saturated heterocycles. The molecule has 0 aliphatic rings. The Labute approximate surface area is 75.4 Å². The molecule has 0 bridgehead atoms. The summed E-state index contributed by atoms with van der Waals surface area (Å²) >= 11 is 3.17. The second-order valence-corrected chi connectivity index (χ2v) is 2.95. The average molecular weight is 234 g/mol. The van der Waals surface area contributed by atoms with Crippen LogP contribution in [0.15, 0.2) is 22.7 Å². The van der Waals surface area contributed by atoms with Gasteiger partial charge in [-0.3, -0.25) is 0 Å². The molecule has 0 heterocycles. The Morgan fingerprint density at radius 2 is 2.27 bits per heavy atom. The van der Waals surface area contributed by atoms with E-state index in [1.807, 2.05) is 0 Å². The molecule has 0 saturated carbocycles. The molecule has 57 valence electrons. The second-order valence-electron chi connectivity index (χ2n) is 1.79. The molecule has 0 N–H and O–H groups in total. The summed E-state index contributed by atoms with van der Waals surface area (Å²) in [5.41, 5.74) is 0.449. The van der Waals surface area contributed by atoms with Crippen LogP contribution in [0.5, 0.6) is 0 Å². The first-order valence-electron chi connectivity index (χ1n) is 2.74. The van der Waals surface area contributed by atoms with Gasteiger partial charge < -0.3 is 0 Å². The Morgan fingerprint density at radius 3 is 2.91 bits per heavy atom. The van der Waals surface area contributed by atoms with Crippen molar-refractivity contribution in [1.29, 1.82) is 0 Å². The minimum absolute atomic E-state index is 0.181. The first-order chi connectivity index (χ1) is 5.25. The number of benzene rings is 1. The average Bonchev–Trinajstić information content (AvgIpc) is 1.99. The van der Waals surface area contributed by atoms with Gasteiger partial charge in [-0.25, -0.2) is 8.60 Å². The molecule has 0 fully saturated rings. The van der Waals surface area contributed by atoms with Crippen LogP contribution in [0.1, 0.15) is 5.56 Å². The van der Waals surface area contributed by atoms with Gasteiger partial charge in [-0.15, -0.1) is 0 Å². The lowest BCUT2D eigenvalue weighted by atomic mass is 10.2. The molecule has 4 heteroatoms. The highest BCUT2D eigenvalue weighted by atomic mass is 79.9. The van der Waals surface area contributed by atoms with Gasteiger partial charge in [-0.05, 0) is 22.0 Å². The van der Waals surface area contributed by atoms with E-state index in [2.05, 4.69) is 21.3 Å². The van der Waals surface area contributed by atoms with Gasteiger partial charge in [0.2, 0.25) is 0 Å². The Kier molecular flexibility index (Phi) is 2.96. The molecule has 0 spiro atoms. The van der Waals surface area contributed by atoms with Crippen LogP contribution in [0, 0.1) is 5.82 Å². The summed E-state index contributed by atoms with van der Waals surface area (Å²) in [6.45, 7) is 0. The van der Waals surface area contributed by atoms with E-state index in [-0.39, 0.29) is 21.5 Å². The van der Waals surface area contributed by atoms with Gasteiger partial charge in [0.05, 0.1) is 21.1 Å². The summed E-state index contributed by atoms with van der Waals surface area (Å²) in [6, 6.07) is 4.45. The molecule has 1 nitrogen and oxygen atoms in total.